The van der Waals surface area contributed by atoms with Gasteiger partial charge in [-0.15, -0.1) is 0 Å². The van der Waals surface area contributed by atoms with Gasteiger partial charge in [0.2, 0.25) is 0 Å². The molecule has 0 spiro atoms. The van der Waals surface area contributed by atoms with Crippen molar-refractivity contribution < 1.29 is 4.39 Å². The van der Waals surface area contributed by atoms with Crippen LogP contribution in [-0.4, -0.2) is 20.1 Å². The van der Waals surface area contributed by atoms with Crippen LogP contribution in [0.3, 0.4) is 0 Å². The number of rotatable bonds is 6. The molecule has 3 N–H and O–H groups in total. The quantitative estimate of drug-likeness (QED) is 0.626. The third kappa shape index (κ3) is 4.16. The van der Waals surface area contributed by atoms with Crippen molar-refractivity contribution in [3.63, 3.8) is 0 Å². The Morgan fingerprint density at radius 3 is 2.60 bits per heavy atom. The van der Waals surface area contributed by atoms with E-state index in [2.05, 4.69) is 29.4 Å². The molecule has 0 aliphatic carbocycles. The summed E-state index contributed by atoms with van der Waals surface area (Å²) in [4.78, 5) is 2.20. The molecule has 0 saturated heterocycles. The highest BCUT2D eigenvalue weighted by molar-refractivity contribution is 5.54. The summed E-state index contributed by atoms with van der Waals surface area (Å²) in [6.07, 6.45) is 0.960. The van der Waals surface area contributed by atoms with Crippen molar-refractivity contribution in [1.29, 1.82) is 0 Å². The van der Waals surface area contributed by atoms with E-state index in [1.165, 1.54) is 17.8 Å². The smallest absolute Gasteiger partial charge is 0.127 e. The van der Waals surface area contributed by atoms with Gasteiger partial charge in [-0.05, 0) is 36.8 Å². The van der Waals surface area contributed by atoms with Crippen molar-refractivity contribution in [2.45, 2.75) is 6.42 Å². The molecule has 0 unspecified atom stereocenters. The summed E-state index contributed by atoms with van der Waals surface area (Å²) in [6, 6.07) is 14.7. The fourth-order valence-corrected chi connectivity index (χ4v) is 2.07. The Hall–Kier alpha value is -2.23. The second-order valence-electron chi connectivity index (χ2n) is 4.81. The number of hydrogen-bond donors (Lipinski definition) is 2. The van der Waals surface area contributed by atoms with Crippen LogP contribution in [0.1, 0.15) is 6.42 Å². The van der Waals surface area contributed by atoms with Gasteiger partial charge in [-0.3, -0.25) is 0 Å². The van der Waals surface area contributed by atoms with Crippen molar-refractivity contribution in [3.05, 3.63) is 54.3 Å². The predicted octanol–water partition coefficient (Wildman–Crippen LogP) is 3.35. The summed E-state index contributed by atoms with van der Waals surface area (Å²) in [6.45, 7) is 1.71. The Bertz CT molecular complexity index is 522. The fraction of sp³-hybridized carbons (Fsp3) is 0.250. The van der Waals surface area contributed by atoms with Gasteiger partial charge in [0, 0.05) is 37.2 Å². The maximum atomic E-state index is 13.2. The van der Waals surface area contributed by atoms with Crippen LogP contribution in [0.5, 0.6) is 0 Å². The highest BCUT2D eigenvalue weighted by Crippen LogP contribution is 2.15. The molecule has 0 fully saturated rings. The number of nitrogens with one attached hydrogen (secondary N) is 1. The van der Waals surface area contributed by atoms with Gasteiger partial charge in [0.05, 0.1) is 0 Å². The molecule has 0 saturated carbocycles. The molecule has 2 aromatic rings. The molecule has 0 aliphatic rings. The first-order chi connectivity index (χ1) is 9.65. The Morgan fingerprint density at radius 1 is 1.15 bits per heavy atom. The van der Waals surface area contributed by atoms with Gasteiger partial charge in [-0.1, -0.05) is 18.2 Å². The lowest BCUT2D eigenvalue weighted by Gasteiger charge is -2.19. The zero-order valence-corrected chi connectivity index (χ0v) is 11.6. The normalized spacial score (nSPS) is 10.3. The van der Waals surface area contributed by atoms with E-state index in [4.69, 9.17) is 5.73 Å². The lowest BCUT2D eigenvalue weighted by molar-refractivity contribution is 0.629. The van der Waals surface area contributed by atoms with E-state index in [1.54, 1.807) is 6.07 Å². The first-order valence-electron chi connectivity index (χ1n) is 6.71. The summed E-state index contributed by atoms with van der Waals surface area (Å²) in [7, 11) is 2.06. The van der Waals surface area contributed by atoms with Crippen LogP contribution in [0.4, 0.5) is 21.5 Å². The van der Waals surface area contributed by atoms with Crippen molar-refractivity contribution in [1.82, 2.24) is 0 Å². The molecule has 0 atom stereocenters. The Kier molecular flexibility index (Phi) is 4.82. The maximum absolute atomic E-state index is 13.2. The van der Waals surface area contributed by atoms with Gasteiger partial charge in [0.1, 0.15) is 5.82 Å². The number of nitrogen functional groups attached to an aromatic ring is 1. The van der Waals surface area contributed by atoms with E-state index in [1.807, 2.05) is 18.2 Å². The summed E-state index contributed by atoms with van der Waals surface area (Å²) in [5.41, 5.74) is 7.96. The van der Waals surface area contributed by atoms with Gasteiger partial charge in [-0.25, -0.2) is 4.39 Å². The van der Waals surface area contributed by atoms with E-state index >= 15 is 0 Å². The molecule has 20 heavy (non-hydrogen) atoms. The van der Waals surface area contributed by atoms with Crippen LogP contribution in [0.15, 0.2) is 48.5 Å². The minimum atomic E-state index is -0.311. The van der Waals surface area contributed by atoms with Gasteiger partial charge in [-0.2, -0.15) is 0 Å². The van der Waals surface area contributed by atoms with Crippen LogP contribution in [0.25, 0.3) is 0 Å². The molecular weight excluding hydrogens is 253 g/mol. The van der Waals surface area contributed by atoms with Crippen LogP contribution < -0.4 is 16.0 Å². The topological polar surface area (TPSA) is 41.3 Å². The van der Waals surface area contributed by atoms with Crippen molar-refractivity contribution in [2.24, 2.45) is 0 Å². The number of nitrogens with zero attached hydrogens (tertiary/aromatic N) is 1. The highest BCUT2D eigenvalue weighted by Gasteiger charge is 2.00. The minimum Gasteiger partial charge on any atom is -0.399 e. The van der Waals surface area contributed by atoms with Crippen LogP contribution in [-0.2, 0) is 0 Å². The highest BCUT2D eigenvalue weighted by atomic mass is 19.1. The molecular formula is C16H20FN3. The van der Waals surface area contributed by atoms with E-state index in [0.717, 1.165) is 25.2 Å². The lowest BCUT2D eigenvalue weighted by Crippen LogP contribution is -2.20. The van der Waals surface area contributed by atoms with Gasteiger partial charge in [0.25, 0.3) is 0 Å². The second kappa shape index (κ2) is 6.80. The zero-order valence-electron chi connectivity index (χ0n) is 11.6. The van der Waals surface area contributed by atoms with Gasteiger partial charge in [0.15, 0.2) is 0 Å². The molecule has 0 amide bonds. The number of para-hydroxylation sites is 1. The van der Waals surface area contributed by atoms with Crippen molar-refractivity contribution >= 4 is 17.1 Å². The summed E-state index contributed by atoms with van der Waals surface area (Å²) < 4.78 is 13.2. The SMILES string of the molecule is CN(CCCNc1cc(N)cc(F)c1)c1ccccc1. The van der Waals surface area contributed by atoms with E-state index in [0.29, 0.717) is 5.69 Å². The maximum Gasteiger partial charge on any atom is 0.127 e. The predicted molar refractivity (Wildman–Crippen MR) is 83.6 cm³/mol. The number of halogens is 1. The van der Waals surface area contributed by atoms with Crippen molar-refractivity contribution in [2.75, 3.05) is 36.1 Å². The molecule has 2 aromatic carbocycles. The van der Waals surface area contributed by atoms with Crippen LogP contribution in [0, 0.1) is 5.82 Å². The third-order valence-corrected chi connectivity index (χ3v) is 3.12. The summed E-state index contributed by atoms with van der Waals surface area (Å²) in [5.74, 6) is -0.311. The van der Waals surface area contributed by atoms with Gasteiger partial charge >= 0.3 is 0 Å². The van der Waals surface area contributed by atoms with Crippen LogP contribution >= 0.6 is 0 Å². The first-order valence-corrected chi connectivity index (χ1v) is 6.71. The minimum absolute atomic E-state index is 0.311. The Balaban J connectivity index is 1.76. The van der Waals surface area contributed by atoms with E-state index in [-0.39, 0.29) is 5.82 Å². The molecule has 0 bridgehead atoms. The standard InChI is InChI=1S/C16H20FN3/c1-20(16-6-3-2-4-7-16)9-5-8-19-15-11-13(17)10-14(18)12-15/h2-4,6-7,10-12,19H,5,8-9,18H2,1H3. The zero-order chi connectivity index (χ0) is 14.4. The molecule has 2 rings (SSSR count). The van der Waals surface area contributed by atoms with Crippen LogP contribution in [0.2, 0.25) is 0 Å². The molecule has 3 nitrogen and oxygen atoms in total. The monoisotopic (exact) mass is 273 g/mol. The Morgan fingerprint density at radius 2 is 1.90 bits per heavy atom. The number of benzene rings is 2. The molecule has 4 heteroatoms. The number of anilines is 3. The van der Waals surface area contributed by atoms with Crippen molar-refractivity contribution in [3.8, 4) is 0 Å². The summed E-state index contributed by atoms with van der Waals surface area (Å²) >= 11 is 0. The number of nitrogens with two attached hydrogens (primary N) is 1. The Labute approximate surface area is 119 Å². The molecule has 0 aliphatic heterocycles. The second-order valence-corrected chi connectivity index (χ2v) is 4.81. The average molecular weight is 273 g/mol. The fourth-order valence-electron chi connectivity index (χ4n) is 2.07. The van der Waals surface area contributed by atoms with E-state index < -0.39 is 0 Å². The third-order valence-electron chi connectivity index (χ3n) is 3.12. The molecule has 106 valence electrons. The summed E-state index contributed by atoms with van der Waals surface area (Å²) in [5, 5.41) is 3.19. The number of hydrogen-bond acceptors (Lipinski definition) is 3. The van der Waals surface area contributed by atoms with Gasteiger partial charge < -0.3 is 16.0 Å². The molecule has 0 radical (unpaired) electrons. The lowest BCUT2D eigenvalue weighted by atomic mass is 10.2. The average Bonchev–Trinajstić information content (AvgIpc) is 2.43. The first kappa shape index (κ1) is 14.2. The molecule has 0 heterocycles. The van der Waals surface area contributed by atoms with E-state index in [9.17, 15) is 4.39 Å². The molecule has 0 aromatic heterocycles. The largest absolute Gasteiger partial charge is 0.399 e.